The molecule has 0 unspecified atom stereocenters. The predicted molar refractivity (Wildman–Crippen MR) is 382 cm³/mol. The van der Waals surface area contributed by atoms with Crippen LogP contribution >= 0.6 is 0 Å². The van der Waals surface area contributed by atoms with E-state index in [1.165, 1.54) is 112 Å². The number of nitrogens with zero attached hydrogens (tertiary/aromatic N) is 8. The second kappa shape index (κ2) is 47.7. The number of carbonyl (C=O) groups excluding carboxylic acids is 2. The molecule has 46 heteroatoms. The Hall–Kier alpha value is -7.64. The van der Waals surface area contributed by atoms with E-state index in [2.05, 4.69) is 73.1 Å². The Morgan fingerprint density at radius 3 is 0.991 bits per heavy atom. The molecule has 0 spiro atoms. The third-order valence-electron chi connectivity index (χ3n) is 13.3. The molecule has 9 aromatic carbocycles. The van der Waals surface area contributed by atoms with Gasteiger partial charge in [-0.05, 0) is 64.2 Å². The molecular formula is C64H64N12Na4O24S6. The van der Waals surface area contributed by atoms with E-state index in [-0.39, 0.29) is 190 Å². The van der Waals surface area contributed by atoms with Gasteiger partial charge < -0.3 is 48.9 Å². The number of hydrogen-bond donors (Lipinski definition) is 6. The monoisotopic (exact) mass is 1670 g/mol. The van der Waals surface area contributed by atoms with Crippen LogP contribution < -0.4 is 157 Å². The summed E-state index contributed by atoms with van der Waals surface area (Å²) in [5.74, 6) is -1.31. The number of aromatic hydroxyl groups is 2. The van der Waals surface area contributed by atoms with Crippen molar-refractivity contribution >= 4 is 146 Å². The average molecular weight is 1670 g/mol. The molecule has 2 amide bonds. The van der Waals surface area contributed by atoms with Crippen molar-refractivity contribution in [3.8, 4) is 34.5 Å². The third-order valence-corrected chi connectivity index (χ3v) is 17.8. The average Bonchev–Trinajstić information content (AvgIpc) is 0.764. The minimum atomic E-state index is -5.08. The Bertz CT molecular complexity index is 5330. The first-order valence-electron chi connectivity index (χ1n) is 29.2. The molecule has 0 aliphatic carbocycles. The zero-order valence-corrected chi connectivity index (χ0v) is 74.5. The Balaban J connectivity index is 0.00000145. The van der Waals surface area contributed by atoms with Crippen LogP contribution in [0.2, 0.25) is 0 Å². The van der Waals surface area contributed by atoms with Crippen molar-refractivity contribution in [2.45, 2.75) is 54.2 Å². The molecule has 0 bridgehead atoms. The molecule has 0 saturated carbocycles. The number of aryl methyl sites for hydroxylation is 3. The minimum Gasteiger partial charge on any atom is -0.744 e. The van der Waals surface area contributed by atoms with Crippen molar-refractivity contribution in [1.29, 1.82) is 0 Å². The van der Waals surface area contributed by atoms with Crippen molar-refractivity contribution < 1.29 is 225 Å². The van der Waals surface area contributed by atoms with Gasteiger partial charge in [0.2, 0.25) is 21.8 Å². The second-order valence-electron chi connectivity index (χ2n) is 20.7. The quantitative estimate of drug-likeness (QED) is 0.0238. The summed E-state index contributed by atoms with van der Waals surface area (Å²) in [6.45, 7) is 8.31. The maximum absolute atomic E-state index is 12.1. The Labute approximate surface area is 724 Å². The second-order valence-corrected chi connectivity index (χ2v) is 27.8. The first-order chi connectivity index (χ1) is 49.7. The van der Waals surface area contributed by atoms with E-state index in [9.17, 15) is 62.6 Å². The molecule has 110 heavy (non-hydrogen) atoms. The molecule has 0 aromatic heterocycles. The van der Waals surface area contributed by atoms with Crippen LogP contribution in [0.5, 0.6) is 34.5 Å². The first kappa shape index (κ1) is 102. The van der Waals surface area contributed by atoms with Gasteiger partial charge in [0.05, 0.1) is 48.0 Å². The number of nitrogens with one attached hydrogen (secondary N) is 4. The van der Waals surface area contributed by atoms with Crippen molar-refractivity contribution in [3.63, 3.8) is 0 Å². The van der Waals surface area contributed by atoms with Crippen LogP contribution in [0.4, 0.5) is 51.2 Å². The van der Waals surface area contributed by atoms with Gasteiger partial charge in [0.25, 0.3) is 10.0 Å². The number of phenols is 2. The number of rotatable bonds is 19. The summed E-state index contributed by atoms with van der Waals surface area (Å²) in [7, 11) is -13.3. The van der Waals surface area contributed by atoms with Crippen LogP contribution in [0.3, 0.4) is 0 Å². The number of methoxy groups -OCH3 is 4. The van der Waals surface area contributed by atoms with Crippen LogP contribution in [0.25, 0.3) is 21.5 Å². The number of ether oxygens (including phenoxy) is 4. The van der Waals surface area contributed by atoms with E-state index in [1.54, 1.807) is 60.7 Å². The van der Waals surface area contributed by atoms with Crippen molar-refractivity contribution in [2.75, 3.05) is 64.9 Å². The van der Waals surface area contributed by atoms with Crippen LogP contribution in [0.15, 0.2) is 194 Å². The van der Waals surface area contributed by atoms with Crippen LogP contribution in [-0.2, 0) is 71.1 Å². The molecule has 36 nitrogen and oxygen atoms in total. The predicted octanol–water partition coefficient (Wildman–Crippen LogP) is -1.28. The number of phenolic OH excluding ortho intramolecular Hbond substituents is 2. The minimum absolute atomic E-state index is 0. The maximum atomic E-state index is 12.1. The summed E-state index contributed by atoms with van der Waals surface area (Å²) in [6, 6.07) is 39.4. The largest absolute Gasteiger partial charge is 1.00 e. The van der Waals surface area contributed by atoms with E-state index in [0.717, 1.165) is 28.8 Å². The van der Waals surface area contributed by atoms with Crippen molar-refractivity contribution in [2.24, 2.45) is 40.9 Å². The van der Waals surface area contributed by atoms with Gasteiger partial charge in [-0.15, -0.1) is 56.5 Å². The number of amides is 2. The summed E-state index contributed by atoms with van der Waals surface area (Å²) < 4.78 is 195. The number of sulfonamides is 2. The van der Waals surface area contributed by atoms with Crippen molar-refractivity contribution in [1.82, 2.24) is 4.72 Å². The van der Waals surface area contributed by atoms with Crippen LogP contribution in [-0.4, -0.2) is 140 Å². The summed E-state index contributed by atoms with van der Waals surface area (Å²) in [5, 5.41) is 58.1. The van der Waals surface area contributed by atoms with E-state index in [0.29, 0.717) is 22.0 Å². The molecule has 0 atom stereocenters. The van der Waals surface area contributed by atoms with Crippen LogP contribution in [0, 0.1) is 32.9 Å². The summed E-state index contributed by atoms with van der Waals surface area (Å²) in [4.78, 5) is 22.1. The molecule has 9 aromatic rings. The molecule has 9 rings (SSSR count). The van der Waals surface area contributed by atoms with Gasteiger partial charge in [-0.2, -0.15) is 56.9 Å². The summed E-state index contributed by atoms with van der Waals surface area (Å²) in [6.07, 6.45) is 0. The molecule has 564 valence electrons. The van der Waals surface area contributed by atoms with E-state index >= 15 is 0 Å². The number of azo groups is 4. The van der Waals surface area contributed by atoms with Gasteiger partial charge in [0.15, 0.2) is 0 Å². The normalized spacial score (nSPS) is 10.9. The van der Waals surface area contributed by atoms with Crippen molar-refractivity contribution in [3.05, 3.63) is 162 Å². The molecule has 0 saturated heterocycles. The molecule has 0 aliphatic rings. The van der Waals surface area contributed by atoms with Gasteiger partial charge in [-0.25, -0.2) is 38.4 Å². The van der Waals surface area contributed by atoms with Gasteiger partial charge in [0.1, 0.15) is 88.9 Å². The number of carbonyl (C=O) groups is 2. The third kappa shape index (κ3) is 31.1. The zero-order valence-electron chi connectivity index (χ0n) is 61.6. The standard InChI is InChI=1S/2C21H20N5O7S.C14H15NO2S.C8H11NO2S.4Na.2O3S/c2*1-11(27)23-13-7-5-6-12-8-18(34(29,30)31)20(21(28)19(12)13)26-25-15-10-16(32-3)14(24-22-2)9-17(15)33-4;1-11-3-7-13(8-4-11)15-18(16,17)14-9-5-12(2)6-10-14;1-7-3-5-8(6-4-7)12(10,11)9-2;;;;;2*1-4(2)3/h2*6-10,28H,1-4H3,(H,23,27)(H,29,30,31);3-10,15H,1-2H3;3-6,9H,1-2H3;;;;;;/q2*-1;;;4*+1;;/p-2. The Morgan fingerprint density at radius 1 is 0.445 bits per heavy atom. The van der Waals surface area contributed by atoms with Gasteiger partial charge in [-0.1, -0.05) is 87.4 Å². The molecular weight excluding hydrogens is 1610 g/mol. The number of anilines is 3. The van der Waals surface area contributed by atoms with E-state index < -0.39 is 106 Å². The number of benzene rings is 9. The summed E-state index contributed by atoms with van der Waals surface area (Å²) >= 11 is 0. The van der Waals surface area contributed by atoms with Gasteiger partial charge >= 0.3 is 139 Å². The van der Waals surface area contributed by atoms with Gasteiger partial charge in [-0.3, -0.25) is 14.3 Å². The SMILES string of the molecule is CN=Nc1cc(OC)c(N=Nc2c(S(=O)(=O)[O-])cc3c[c-]cc(NC(C)=O)c3c2O)cc1OC.CN=Nc1cc(OC)c(N=Nc2c(S(=O)(=O)[O-])cc3c[c-]cc(NC(C)=O)c3c2O)cc1OC.CNS(=O)(=O)c1ccc(C)cc1.Cc1ccc(NS(=O)(=O)c2ccc(C)cc2)cc1.O=S(=O)=O.O=S(=O)=O.[Na+].[Na+].[Na+].[Na+]. The number of fused-ring (bicyclic) bond motifs is 2. The fourth-order valence-electron chi connectivity index (χ4n) is 8.68. The molecule has 0 heterocycles. The van der Waals surface area contributed by atoms with Crippen LogP contribution in [0.1, 0.15) is 30.5 Å². The molecule has 0 aliphatic heterocycles. The van der Waals surface area contributed by atoms with E-state index in [4.69, 9.17) is 44.2 Å². The summed E-state index contributed by atoms with van der Waals surface area (Å²) in [5.41, 5.74) is 3.66. The molecule has 0 fully saturated rings. The first-order valence-corrected chi connectivity index (χ1v) is 37.0. The molecule has 0 radical (unpaired) electrons. The fraction of sp³-hybridized carbons (Fsp3) is 0.188. The Morgan fingerprint density at radius 2 is 0.727 bits per heavy atom. The topological polar surface area (TPSA) is 544 Å². The smallest absolute Gasteiger partial charge is 0.744 e. The molecule has 6 N–H and O–H groups in total. The zero-order chi connectivity index (χ0) is 79.6. The van der Waals surface area contributed by atoms with E-state index in [1.807, 2.05) is 32.9 Å². The number of hydrogen-bond acceptors (Lipinski definition) is 32. The fourth-order valence-corrected chi connectivity index (χ4v) is 11.8. The Kier molecular flexibility index (Phi) is 44.3. The maximum Gasteiger partial charge on any atom is 1.00 e. The van der Waals surface area contributed by atoms with Gasteiger partial charge in [0, 0.05) is 57.9 Å².